The lowest BCUT2D eigenvalue weighted by Crippen LogP contribution is -2.49. The molecule has 2 unspecified atom stereocenters. The van der Waals surface area contributed by atoms with Crippen molar-refractivity contribution in [1.29, 1.82) is 0 Å². The molecule has 0 amide bonds. The Hall–Kier alpha value is -0.120. The summed E-state index contributed by atoms with van der Waals surface area (Å²) < 4.78 is 0. The zero-order valence-electron chi connectivity index (χ0n) is 8.78. The molecular formula is C11H21NO2. The van der Waals surface area contributed by atoms with E-state index in [1.54, 1.807) is 0 Å². The van der Waals surface area contributed by atoms with E-state index in [-0.39, 0.29) is 0 Å². The molecule has 1 aliphatic carbocycles. The van der Waals surface area contributed by atoms with Crippen LogP contribution in [0, 0.1) is 0 Å². The molecule has 3 heteroatoms. The SMILES string of the molecule is OC1CCCC1(O)CN1CCCCC1. The molecule has 1 aliphatic heterocycles. The molecule has 3 nitrogen and oxygen atoms in total. The Bertz CT molecular complexity index is 192. The van der Waals surface area contributed by atoms with Crippen molar-refractivity contribution in [3.05, 3.63) is 0 Å². The molecule has 1 saturated heterocycles. The number of piperidine rings is 1. The zero-order valence-corrected chi connectivity index (χ0v) is 8.78. The van der Waals surface area contributed by atoms with E-state index in [1.807, 2.05) is 0 Å². The molecule has 2 fully saturated rings. The van der Waals surface area contributed by atoms with Crippen LogP contribution >= 0.6 is 0 Å². The van der Waals surface area contributed by atoms with E-state index in [0.29, 0.717) is 6.54 Å². The summed E-state index contributed by atoms with van der Waals surface area (Å²) in [4.78, 5) is 2.30. The summed E-state index contributed by atoms with van der Waals surface area (Å²) in [7, 11) is 0. The van der Waals surface area contributed by atoms with Gasteiger partial charge in [0.15, 0.2) is 0 Å². The first-order chi connectivity index (χ1) is 6.71. The van der Waals surface area contributed by atoms with Gasteiger partial charge in [-0.25, -0.2) is 0 Å². The molecule has 0 aromatic carbocycles. The van der Waals surface area contributed by atoms with Gasteiger partial charge in [-0.05, 0) is 45.2 Å². The minimum absolute atomic E-state index is 0.496. The summed E-state index contributed by atoms with van der Waals surface area (Å²) >= 11 is 0. The molecule has 82 valence electrons. The number of hydrogen-bond acceptors (Lipinski definition) is 3. The van der Waals surface area contributed by atoms with E-state index in [2.05, 4.69) is 4.90 Å². The Morgan fingerprint density at radius 3 is 2.43 bits per heavy atom. The Kier molecular flexibility index (Phi) is 3.10. The maximum Gasteiger partial charge on any atom is 0.103 e. The molecule has 0 radical (unpaired) electrons. The van der Waals surface area contributed by atoms with Crippen LogP contribution in [0.1, 0.15) is 38.5 Å². The zero-order chi connectivity index (χ0) is 10.0. The number of nitrogens with zero attached hydrogens (tertiary/aromatic N) is 1. The summed E-state index contributed by atoms with van der Waals surface area (Å²) in [5.41, 5.74) is -0.808. The third-order valence-corrected chi connectivity index (χ3v) is 3.65. The third kappa shape index (κ3) is 2.10. The minimum atomic E-state index is -0.808. The molecule has 1 heterocycles. The lowest BCUT2D eigenvalue weighted by atomic mass is 9.98. The number of aliphatic hydroxyl groups excluding tert-OH is 1. The highest BCUT2D eigenvalue weighted by Crippen LogP contribution is 2.31. The molecule has 2 N–H and O–H groups in total. The van der Waals surface area contributed by atoms with E-state index >= 15 is 0 Å². The van der Waals surface area contributed by atoms with Crippen LogP contribution in [0.5, 0.6) is 0 Å². The lowest BCUT2D eigenvalue weighted by molar-refractivity contribution is -0.0747. The Labute approximate surface area is 85.7 Å². The quantitative estimate of drug-likeness (QED) is 0.689. The smallest absolute Gasteiger partial charge is 0.103 e. The molecule has 0 aromatic rings. The summed E-state index contributed by atoms with van der Waals surface area (Å²) in [5, 5.41) is 19.9. The van der Waals surface area contributed by atoms with Gasteiger partial charge < -0.3 is 15.1 Å². The van der Waals surface area contributed by atoms with Crippen molar-refractivity contribution in [2.45, 2.75) is 50.2 Å². The number of hydrogen-bond donors (Lipinski definition) is 2. The number of likely N-dealkylation sites (tertiary alicyclic amines) is 1. The van der Waals surface area contributed by atoms with Crippen molar-refractivity contribution in [2.75, 3.05) is 19.6 Å². The standard InChI is InChI=1S/C11H21NO2/c13-10-5-4-6-11(10,14)9-12-7-2-1-3-8-12/h10,13-14H,1-9H2. The fraction of sp³-hybridized carbons (Fsp3) is 1.00. The highest BCUT2D eigenvalue weighted by Gasteiger charge is 2.41. The van der Waals surface area contributed by atoms with Gasteiger partial charge in [-0.2, -0.15) is 0 Å². The van der Waals surface area contributed by atoms with Gasteiger partial charge in [0.05, 0.1) is 6.10 Å². The second-order valence-corrected chi connectivity index (χ2v) is 4.85. The van der Waals surface area contributed by atoms with E-state index in [0.717, 1.165) is 32.4 Å². The van der Waals surface area contributed by atoms with Gasteiger partial charge in [-0.3, -0.25) is 0 Å². The van der Waals surface area contributed by atoms with Gasteiger partial charge in [0.25, 0.3) is 0 Å². The summed E-state index contributed by atoms with van der Waals surface area (Å²) in [6.07, 6.45) is 5.81. The summed E-state index contributed by atoms with van der Waals surface area (Å²) in [6.45, 7) is 2.86. The molecule has 14 heavy (non-hydrogen) atoms. The molecular weight excluding hydrogens is 178 g/mol. The van der Waals surface area contributed by atoms with Crippen LogP contribution in [-0.2, 0) is 0 Å². The van der Waals surface area contributed by atoms with Gasteiger partial charge in [0, 0.05) is 6.54 Å². The summed E-state index contributed by atoms with van der Waals surface area (Å²) in [6, 6.07) is 0. The average molecular weight is 199 g/mol. The predicted octanol–water partition coefficient (Wildman–Crippen LogP) is 0.748. The Morgan fingerprint density at radius 2 is 1.86 bits per heavy atom. The van der Waals surface area contributed by atoms with Gasteiger partial charge in [-0.1, -0.05) is 6.42 Å². The van der Waals surface area contributed by atoms with Crippen molar-refractivity contribution >= 4 is 0 Å². The summed E-state index contributed by atoms with van der Waals surface area (Å²) in [5.74, 6) is 0. The van der Waals surface area contributed by atoms with Crippen LogP contribution in [0.4, 0.5) is 0 Å². The average Bonchev–Trinajstić information content (AvgIpc) is 2.48. The number of β-amino-alcohol motifs (C(OH)–C–C–N with tert-alkyl or cyclic N) is 1. The maximum absolute atomic E-state index is 10.2. The van der Waals surface area contributed by atoms with Crippen LogP contribution in [-0.4, -0.2) is 46.5 Å². The van der Waals surface area contributed by atoms with E-state index < -0.39 is 11.7 Å². The first-order valence-electron chi connectivity index (χ1n) is 5.83. The Balaban J connectivity index is 1.88. The fourth-order valence-electron chi connectivity index (χ4n) is 2.73. The van der Waals surface area contributed by atoms with Crippen molar-refractivity contribution in [1.82, 2.24) is 4.90 Å². The second kappa shape index (κ2) is 4.17. The van der Waals surface area contributed by atoms with Gasteiger partial charge in [0.1, 0.15) is 5.60 Å². The highest BCUT2D eigenvalue weighted by molar-refractivity contribution is 4.95. The van der Waals surface area contributed by atoms with Crippen molar-refractivity contribution in [3.63, 3.8) is 0 Å². The second-order valence-electron chi connectivity index (χ2n) is 4.85. The normalized spacial score (nSPS) is 40.3. The fourth-order valence-corrected chi connectivity index (χ4v) is 2.73. The lowest BCUT2D eigenvalue weighted by Gasteiger charge is -2.35. The molecule has 0 spiro atoms. The van der Waals surface area contributed by atoms with Crippen LogP contribution in [0.25, 0.3) is 0 Å². The van der Waals surface area contributed by atoms with Crippen LogP contribution in [0.3, 0.4) is 0 Å². The first kappa shape index (κ1) is 10.4. The van der Waals surface area contributed by atoms with E-state index in [4.69, 9.17) is 0 Å². The predicted molar refractivity (Wildman–Crippen MR) is 55.1 cm³/mol. The molecule has 2 aliphatic rings. The molecule has 2 rings (SSSR count). The molecule has 1 saturated carbocycles. The van der Waals surface area contributed by atoms with Crippen molar-refractivity contribution in [2.24, 2.45) is 0 Å². The monoisotopic (exact) mass is 199 g/mol. The molecule has 0 aromatic heterocycles. The van der Waals surface area contributed by atoms with Gasteiger partial charge in [-0.15, -0.1) is 0 Å². The highest BCUT2D eigenvalue weighted by atomic mass is 16.3. The van der Waals surface area contributed by atoms with Gasteiger partial charge in [0.2, 0.25) is 0 Å². The third-order valence-electron chi connectivity index (χ3n) is 3.65. The number of rotatable bonds is 2. The number of aliphatic hydroxyl groups is 2. The first-order valence-corrected chi connectivity index (χ1v) is 5.83. The molecule has 2 atom stereocenters. The van der Waals surface area contributed by atoms with Crippen LogP contribution in [0.15, 0.2) is 0 Å². The van der Waals surface area contributed by atoms with E-state index in [1.165, 1.54) is 19.3 Å². The Morgan fingerprint density at radius 1 is 1.14 bits per heavy atom. The van der Waals surface area contributed by atoms with Crippen molar-refractivity contribution < 1.29 is 10.2 Å². The largest absolute Gasteiger partial charge is 0.390 e. The van der Waals surface area contributed by atoms with Crippen molar-refractivity contribution in [3.8, 4) is 0 Å². The minimum Gasteiger partial charge on any atom is -0.390 e. The van der Waals surface area contributed by atoms with Crippen LogP contribution in [0.2, 0.25) is 0 Å². The molecule has 0 bridgehead atoms. The van der Waals surface area contributed by atoms with Gasteiger partial charge >= 0.3 is 0 Å². The van der Waals surface area contributed by atoms with E-state index in [9.17, 15) is 10.2 Å². The topological polar surface area (TPSA) is 43.7 Å². The maximum atomic E-state index is 10.2. The van der Waals surface area contributed by atoms with Crippen LogP contribution < -0.4 is 0 Å².